The highest BCUT2D eigenvalue weighted by atomic mass is 16.5. The van der Waals surface area contributed by atoms with Crippen LogP contribution in [0.1, 0.15) is 129 Å². The molecule has 0 aromatic rings. The summed E-state index contributed by atoms with van der Waals surface area (Å²) < 4.78 is 6.52. The minimum atomic E-state index is 0.585. The van der Waals surface area contributed by atoms with Gasteiger partial charge in [0, 0.05) is 6.61 Å². The molecule has 0 unspecified atom stereocenters. The van der Waals surface area contributed by atoms with Crippen LogP contribution < -0.4 is 0 Å². The van der Waals surface area contributed by atoms with Crippen LogP contribution in [0, 0.1) is 41.4 Å². The van der Waals surface area contributed by atoms with Gasteiger partial charge >= 0.3 is 0 Å². The Bertz CT molecular complexity index is 521. The van der Waals surface area contributed by atoms with Gasteiger partial charge in [-0.15, -0.1) is 0 Å². The summed E-state index contributed by atoms with van der Waals surface area (Å²) in [6, 6.07) is 0. The Morgan fingerprint density at radius 1 is 0.594 bits per heavy atom. The lowest BCUT2D eigenvalue weighted by atomic mass is 9.69. The third-order valence-corrected chi connectivity index (χ3v) is 10.4. The molecule has 4 saturated carbocycles. The molecule has 32 heavy (non-hydrogen) atoms. The van der Waals surface area contributed by atoms with Gasteiger partial charge in [-0.25, -0.2) is 0 Å². The molecule has 1 heteroatoms. The van der Waals surface area contributed by atoms with E-state index in [1.54, 1.807) is 0 Å². The molecule has 184 valence electrons. The van der Waals surface area contributed by atoms with Crippen molar-refractivity contribution >= 4 is 0 Å². The van der Waals surface area contributed by atoms with Gasteiger partial charge < -0.3 is 4.74 Å². The molecule has 4 fully saturated rings. The molecular formula is C31H54O. The molecule has 0 heterocycles. The highest BCUT2D eigenvalue weighted by molar-refractivity contribution is 4.91. The first-order valence-corrected chi connectivity index (χ1v) is 15.0. The van der Waals surface area contributed by atoms with Gasteiger partial charge in [0.15, 0.2) is 0 Å². The Kier molecular flexibility index (Phi) is 10.1. The molecule has 0 aromatic carbocycles. The van der Waals surface area contributed by atoms with Crippen molar-refractivity contribution in [2.75, 3.05) is 6.61 Å². The van der Waals surface area contributed by atoms with E-state index < -0.39 is 0 Å². The number of hydrogen-bond acceptors (Lipinski definition) is 1. The fraction of sp³-hybridized carbons (Fsp3) is 0.935. The number of allylic oxidation sites excluding steroid dienone is 2. The van der Waals surface area contributed by atoms with Crippen LogP contribution in [-0.2, 0) is 4.74 Å². The molecule has 4 rings (SSSR count). The molecule has 0 aromatic heterocycles. The van der Waals surface area contributed by atoms with Crippen molar-refractivity contribution in [1.82, 2.24) is 0 Å². The summed E-state index contributed by atoms with van der Waals surface area (Å²) in [5.41, 5.74) is 0. The lowest BCUT2D eigenvalue weighted by molar-refractivity contribution is -0.0192. The van der Waals surface area contributed by atoms with Crippen molar-refractivity contribution in [3.8, 4) is 0 Å². The quantitative estimate of drug-likeness (QED) is 0.340. The van der Waals surface area contributed by atoms with Crippen LogP contribution in [0.15, 0.2) is 12.2 Å². The molecule has 0 saturated heterocycles. The number of ether oxygens (including phenoxy) is 1. The van der Waals surface area contributed by atoms with Crippen LogP contribution >= 0.6 is 0 Å². The summed E-state index contributed by atoms with van der Waals surface area (Å²) >= 11 is 0. The summed E-state index contributed by atoms with van der Waals surface area (Å²) in [6.07, 6.45) is 31.6. The third kappa shape index (κ3) is 7.10. The zero-order chi connectivity index (χ0) is 22.2. The average molecular weight is 443 g/mol. The highest BCUT2D eigenvalue weighted by Gasteiger charge is 2.33. The van der Waals surface area contributed by atoms with Crippen LogP contribution in [0.2, 0.25) is 0 Å². The van der Waals surface area contributed by atoms with Crippen molar-refractivity contribution in [1.29, 1.82) is 0 Å². The first kappa shape index (κ1) is 24.8. The van der Waals surface area contributed by atoms with Crippen molar-refractivity contribution in [2.45, 2.75) is 136 Å². The second-order valence-electron chi connectivity index (χ2n) is 12.4. The first-order chi connectivity index (χ1) is 15.7. The van der Waals surface area contributed by atoms with E-state index in [9.17, 15) is 0 Å². The lowest BCUT2D eigenvalue weighted by Gasteiger charge is -2.39. The van der Waals surface area contributed by atoms with Gasteiger partial charge in [0.2, 0.25) is 0 Å². The van der Waals surface area contributed by atoms with Crippen molar-refractivity contribution in [3.63, 3.8) is 0 Å². The van der Waals surface area contributed by atoms with Gasteiger partial charge in [-0.1, -0.05) is 44.8 Å². The molecule has 0 spiro atoms. The summed E-state index contributed by atoms with van der Waals surface area (Å²) in [6.45, 7) is 5.61. The minimum Gasteiger partial charge on any atom is -0.378 e. The maximum absolute atomic E-state index is 6.52. The molecule has 0 radical (unpaired) electrons. The van der Waals surface area contributed by atoms with Crippen LogP contribution in [0.5, 0.6) is 0 Å². The Morgan fingerprint density at radius 3 is 1.56 bits per heavy atom. The Hall–Kier alpha value is -0.300. The molecule has 0 bridgehead atoms. The van der Waals surface area contributed by atoms with E-state index in [1.807, 2.05) is 0 Å². The summed E-state index contributed by atoms with van der Waals surface area (Å²) in [5, 5.41) is 0. The summed E-state index contributed by atoms with van der Waals surface area (Å²) in [4.78, 5) is 0. The topological polar surface area (TPSA) is 9.23 Å². The van der Waals surface area contributed by atoms with Gasteiger partial charge in [0.25, 0.3) is 0 Å². The van der Waals surface area contributed by atoms with E-state index in [-0.39, 0.29) is 0 Å². The van der Waals surface area contributed by atoms with Crippen LogP contribution in [0.3, 0.4) is 0 Å². The molecule has 4 aliphatic carbocycles. The fourth-order valence-electron chi connectivity index (χ4n) is 8.26. The van der Waals surface area contributed by atoms with Crippen molar-refractivity contribution in [2.24, 2.45) is 41.4 Å². The molecule has 4 aliphatic rings. The maximum atomic E-state index is 6.52. The molecular weight excluding hydrogens is 388 g/mol. The maximum Gasteiger partial charge on any atom is 0.0575 e. The molecule has 0 amide bonds. The van der Waals surface area contributed by atoms with E-state index in [1.165, 1.54) is 116 Å². The van der Waals surface area contributed by atoms with Crippen molar-refractivity contribution < 1.29 is 4.74 Å². The fourth-order valence-corrected chi connectivity index (χ4v) is 8.26. The van der Waals surface area contributed by atoms with E-state index in [2.05, 4.69) is 26.0 Å². The van der Waals surface area contributed by atoms with Gasteiger partial charge in [0.1, 0.15) is 0 Å². The molecule has 0 atom stereocenters. The number of rotatable bonds is 8. The monoisotopic (exact) mass is 442 g/mol. The SMILES string of the molecule is C/C=C\C1CCC(C2CCC(COC3CCC(C4CCC(CCC)CC4)CC3)CC2)CC1. The molecule has 1 nitrogen and oxygen atoms in total. The normalized spacial score (nSPS) is 41.7. The molecule has 0 aliphatic heterocycles. The predicted octanol–water partition coefficient (Wildman–Crippen LogP) is 9.36. The molecule has 0 N–H and O–H groups in total. The van der Waals surface area contributed by atoms with E-state index in [0.717, 1.165) is 48.0 Å². The average Bonchev–Trinajstić information content (AvgIpc) is 2.85. The van der Waals surface area contributed by atoms with Crippen LogP contribution in [0.25, 0.3) is 0 Å². The van der Waals surface area contributed by atoms with E-state index >= 15 is 0 Å². The van der Waals surface area contributed by atoms with Gasteiger partial charge in [-0.2, -0.15) is 0 Å². The summed E-state index contributed by atoms with van der Waals surface area (Å²) in [5.74, 6) is 6.93. The van der Waals surface area contributed by atoms with Gasteiger partial charge in [-0.05, 0) is 138 Å². The predicted molar refractivity (Wildman–Crippen MR) is 138 cm³/mol. The largest absolute Gasteiger partial charge is 0.378 e. The Labute approximate surface area is 200 Å². The Balaban J connectivity index is 1.07. The zero-order valence-corrected chi connectivity index (χ0v) is 21.6. The second-order valence-corrected chi connectivity index (χ2v) is 12.4. The van der Waals surface area contributed by atoms with Gasteiger partial charge in [0.05, 0.1) is 6.10 Å². The zero-order valence-electron chi connectivity index (χ0n) is 21.6. The summed E-state index contributed by atoms with van der Waals surface area (Å²) in [7, 11) is 0. The van der Waals surface area contributed by atoms with Crippen molar-refractivity contribution in [3.05, 3.63) is 12.2 Å². The second kappa shape index (κ2) is 13.0. The van der Waals surface area contributed by atoms with Gasteiger partial charge in [-0.3, -0.25) is 0 Å². The van der Waals surface area contributed by atoms with Crippen LogP contribution in [0.4, 0.5) is 0 Å². The standard InChI is InChI=1S/C31H54O/c1-3-5-24-7-13-27(14-8-24)29-17-11-26(12-18-29)23-32-31-21-19-30(20-22-31)28-15-9-25(6-4-2)10-16-28/h3,5,24-31H,4,6-23H2,1-2H3/b5-3-. The highest BCUT2D eigenvalue weighted by Crippen LogP contribution is 2.43. The number of hydrogen-bond donors (Lipinski definition) is 0. The third-order valence-electron chi connectivity index (χ3n) is 10.4. The van der Waals surface area contributed by atoms with E-state index in [4.69, 9.17) is 4.74 Å². The first-order valence-electron chi connectivity index (χ1n) is 15.0. The smallest absolute Gasteiger partial charge is 0.0575 e. The van der Waals surface area contributed by atoms with E-state index in [0.29, 0.717) is 6.10 Å². The Morgan fingerprint density at radius 2 is 1.06 bits per heavy atom. The lowest BCUT2D eigenvalue weighted by Crippen LogP contribution is -2.31. The van der Waals surface area contributed by atoms with Crippen LogP contribution in [-0.4, -0.2) is 12.7 Å². The minimum absolute atomic E-state index is 0.585.